The van der Waals surface area contributed by atoms with Gasteiger partial charge in [0.05, 0.1) is 29.5 Å². The van der Waals surface area contributed by atoms with Crippen LogP contribution in [-0.4, -0.2) is 38.4 Å². The highest BCUT2D eigenvalue weighted by atomic mass is 79.9. The van der Waals surface area contributed by atoms with Gasteiger partial charge in [-0.15, -0.1) is 0 Å². The van der Waals surface area contributed by atoms with Crippen molar-refractivity contribution in [2.24, 2.45) is 0 Å². The van der Waals surface area contributed by atoms with Gasteiger partial charge >= 0.3 is 0 Å². The molecule has 1 aromatic heterocycles. The van der Waals surface area contributed by atoms with E-state index < -0.39 is 0 Å². The molecule has 1 aliphatic rings. The second kappa shape index (κ2) is 6.36. The van der Waals surface area contributed by atoms with Crippen molar-refractivity contribution in [2.45, 2.75) is 25.0 Å². The molecule has 0 spiro atoms. The quantitative estimate of drug-likeness (QED) is 0.902. The van der Waals surface area contributed by atoms with E-state index in [1.54, 1.807) is 13.2 Å². The first-order valence-corrected chi connectivity index (χ1v) is 6.66. The predicted molar refractivity (Wildman–Crippen MR) is 68.5 cm³/mol. The molecular formula is C12H16BrNO4. The number of hydrogen-bond donors (Lipinski definition) is 1. The summed E-state index contributed by atoms with van der Waals surface area (Å²) in [7, 11) is 1.61. The van der Waals surface area contributed by atoms with Crippen LogP contribution in [0.4, 0.5) is 0 Å². The number of rotatable bonds is 5. The Balaban J connectivity index is 2.00. The number of carbonyl (C=O) groups is 1. The molecule has 5 nitrogen and oxygen atoms in total. The third-order valence-corrected chi connectivity index (χ3v) is 3.52. The Morgan fingerprint density at radius 1 is 1.72 bits per heavy atom. The largest absolute Gasteiger partial charge is 0.458 e. The van der Waals surface area contributed by atoms with Crippen molar-refractivity contribution in [3.8, 4) is 0 Å². The summed E-state index contributed by atoms with van der Waals surface area (Å²) in [5, 5.41) is 2.89. The number of amides is 1. The van der Waals surface area contributed by atoms with Gasteiger partial charge in [0.25, 0.3) is 5.91 Å². The van der Waals surface area contributed by atoms with Crippen molar-refractivity contribution >= 4 is 21.8 Å². The molecule has 1 fully saturated rings. The first-order valence-electron chi connectivity index (χ1n) is 5.86. The van der Waals surface area contributed by atoms with Gasteiger partial charge in [-0.05, 0) is 34.8 Å². The third-order valence-electron chi connectivity index (χ3n) is 2.90. The normalized spacial score (nSPS) is 20.9. The Morgan fingerprint density at radius 3 is 3.11 bits per heavy atom. The average molecular weight is 318 g/mol. The Bertz CT molecular complexity index is 401. The van der Waals surface area contributed by atoms with Gasteiger partial charge in [0.1, 0.15) is 0 Å². The Labute approximate surface area is 114 Å². The van der Waals surface area contributed by atoms with Crippen LogP contribution in [0.5, 0.6) is 0 Å². The molecule has 1 aromatic rings. The molecule has 6 heteroatoms. The number of carbonyl (C=O) groups excluding carboxylic acids is 1. The predicted octanol–water partition coefficient (Wildman–Crippen LogP) is 1.97. The zero-order valence-electron chi connectivity index (χ0n) is 10.1. The van der Waals surface area contributed by atoms with E-state index in [2.05, 4.69) is 21.2 Å². The van der Waals surface area contributed by atoms with E-state index in [4.69, 9.17) is 13.9 Å². The van der Waals surface area contributed by atoms with Crippen LogP contribution >= 0.6 is 15.9 Å². The zero-order chi connectivity index (χ0) is 13.0. The molecule has 0 aliphatic carbocycles. The van der Waals surface area contributed by atoms with E-state index in [1.807, 2.05) is 0 Å². The highest BCUT2D eigenvalue weighted by Crippen LogP contribution is 2.19. The molecular weight excluding hydrogens is 302 g/mol. The molecule has 0 radical (unpaired) electrons. The van der Waals surface area contributed by atoms with E-state index in [0.29, 0.717) is 11.1 Å². The van der Waals surface area contributed by atoms with Crippen LogP contribution in [0.15, 0.2) is 21.2 Å². The molecule has 2 atom stereocenters. The van der Waals surface area contributed by atoms with Crippen molar-refractivity contribution in [1.29, 1.82) is 0 Å². The van der Waals surface area contributed by atoms with Gasteiger partial charge in [0, 0.05) is 13.7 Å². The first-order chi connectivity index (χ1) is 8.72. The molecule has 1 N–H and O–H groups in total. The van der Waals surface area contributed by atoms with Crippen LogP contribution in [0.1, 0.15) is 23.4 Å². The summed E-state index contributed by atoms with van der Waals surface area (Å²) in [6.07, 6.45) is 3.44. The molecule has 2 unspecified atom stereocenters. The number of hydrogen-bond acceptors (Lipinski definition) is 4. The number of furan rings is 1. The minimum atomic E-state index is -0.260. The van der Waals surface area contributed by atoms with Crippen LogP contribution in [0, 0.1) is 0 Å². The number of methoxy groups -OCH3 is 1. The number of halogens is 1. The molecule has 2 heterocycles. The van der Waals surface area contributed by atoms with Crippen LogP contribution < -0.4 is 5.32 Å². The van der Waals surface area contributed by atoms with E-state index in [-0.39, 0.29) is 23.8 Å². The molecule has 0 aromatic carbocycles. The summed E-state index contributed by atoms with van der Waals surface area (Å²) in [4.78, 5) is 12.0. The minimum absolute atomic E-state index is 0.0163. The topological polar surface area (TPSA) is 60.7 Å². The second-order valence-electron chi connectivity index (χ2n) is 4.18. The number of ether oxygens (including phenoxy) is 2. The fourth-order valence-electron chi connectivity index (χ4n) is 2.03. The highest BCUT2D eigenvalue weighted by Gasteiger charge is 2.28. The molecule has 18 heavy (non-hydrogen) atoms. The van der Waals surface area contributed by atoms with Gasteiger partial charge in [-0.2, -0.15) is 0 Å². The van der Waals surface area contributed by atoms with Gasteiger partial charge in [0.2, 0.25) is 5.76 Å². The van der Waals surface area contributed by atoms with E-state index in [9.17, 15) is 4.79 Å². The summed E-state index contributed by atoms with van der Waals surface area (Å²) in [5.41, 5.74) is 0. The lowest BCUT2D eigenvalue weighted by Gasteiger charge is -2.23. The number of nitrogens with one attached hydrogen (secondary N) is 1. The Kier molecular flexibility index (Phi) is 4.79. The maximum absolute atomic E-state index is 12.0. The maximum Gasteiger partial charge on any atom is 0.288 e. The zero-order valence-corrected chi connectivity index (χ0v) is 11.7. The lowest BCUT2D eigenvalue weighted by molar-refractivity contribution is 0.0396. The van der Waals surface area contributed by atoms with E-state index >= 15 is 0 Å². The molecule has 1 saturated heterocycles. The average Bonchev–Trinajstić information content (AvgIpc) is 2.98. The van der Waals surface area contributed by atoms with Crippen molar-refractivity contribution in [1.82, 2.24) is 5.32 Å². The highest BCUT2D eigenvalue weighted by molar-refractivity contribution is 9.10. The summed E-state index contributed by atoms with van der Waals surface area (Å²) in [6, 6.07) is 1.54. The SMILES string of the molecule is COCC(NC(=O)c1occc1Br)C1CCCO1. The lowest BCUT2D eigenvalue weighted by Crippen LogP contribution is -2.46. The second-order valence-corrected chi connectivity index (χ2v) is 5.04. The van der Waals surface area contributed by atoms with Gasteiger partial charge in [-0.25, -0.2) is 0 Å². The Morgan fingerprint density at radius 2 is 2.56 bits per heavy atom. The van der Waals surface area contributed by atoms with Crippen LogP contribution in [0.2, 0.25) is 0 Å². The third kappa shape index (κ3) is 3.13. The van der Waals surface area contributed by atoms with Crippen LogP contribution in [0.25, 0.3) is 0 Å². The first kappa shape index (κ1) is 13.6. The monoisotopic (exact) mass is 317 g/mol. The molecule has 100 valence electrons. The van der Waals surface area contributed by atoms with Gasteiger partial charge < -0.3 is 19.2 Å². The van der Waals surface area contributed by atoms with E-state index in [1.165, 1.54) is 6.26 Å². The lowest BCUT2D eigenvalue weighted by atomic mass is 10.1. The van der Waals surface area contributed by atoms with Crippen LogP contribution in [0.3, 0.4) is 0 Å². The maximum atomic E-state index is 12.0. The summed E-state index contributed by atoms with van der Waals surface area (Å²) >= 11 is 3.26. The minimum Gasteiger partial charge on any atom is -0.458 e. The fourth-order valence-corrected chi connectivity index (χ4v) is 2.41. The molecule has 0 saturated carbocycles. The van der Waals surface area contributed by atoms with Crippen molar-refractivity contribution in [3.63, 3.8) is 0 Å². The molecule has 1 amide bonds. The molecule has 2 rings (SSSR count). The van der Waals surface area contributed by atoms with Crippen molar-refractivity contribution in [2.75, 3.05) is 20.3 Å². The standard InChI is InChI=1S/C12H16BrNO4/c1-16-7-9(10-3-2-5-17-10)14-12(15)11-8(13)4-6-18-11/h4,6,9-10H,2-3,5,7H2,1H3,(H,14,15). The van der Waals surface area contributed by atoms with Gasteiger partial charge in [-0.1, -0.05) is 0 Å². The van der Waals surface area contributed by atoms with Crippen molar-refractivity contribution in [3.05, 3.63) is 22.6 Å². The van der Waals surface area contributed by atoms with Gasteiger partial charge in [-0.3, -0.25) is 4.79 Å². The Hall–Kier alpha value is -0.850. The smallest absolute Gasteiger partial charge is 0.288 e. The van der Waals surface area contributed by atoms with E-state index in [0.717, 1.165) is 19.4 Å². The molecule has 1 aliphatic heterocycles. The molecule has 0 bridgehead atoms. The summed E-state index contributed by atoms with van der Waals surface area (Å²) < 4.78 is 16.5. The summed E-state index contributed by atoms with van der Waals surface area (Å²) in [5.74, 6) is 0.0125. The summed E-state index contributed by atoms with van der Waals surface area (Å²) in [6.45, 7) is 1.17. The fraction of sp³-hybridized carbons (Fsp3) is 0.583. The van der Waals surface area contributed by atoms with Crippen molar-refractivity contribution < 1.29 is 18.7 Å². The van der Waals surface area contributed by atoms with Crippen LogP contribution in [-0.2, 0) is 9.47 Å². The van der Waals surface area contributed by atoms with Gasteiger partial charge in [0.15, 0.2) is 0 Å².